The quantitative estimate of drug-likeness (QED) is 0.358. The second kappa shape index (κ2) is 6.52. The Hall–Kier alpha value is -1.48. The van der Waals surface area contributed by atoms with Gasteiger partial charge in [-0.25, -0.2) is 13.4 Å². The van der Waals surface area contributed by atoms with Crippen LogP contribution in [0.4, 0.5) is 5.82 Å². The maximum Gasteiger partial charge on any atom is 0.173 e. The maximum atomic E-state index is 12.3. The molecule has 0 saturated carbocycles. The number of nitrogens with two attached hydrogens (primary N) is 1. The zero-order valence-electron chi connectivity index (χ0n) is 11.6. The minimum absolute atomic E-state index is 0.0699. The number of hydrogen-bond donors (Lipinski definition) is 2. The van der Waals surface area contributed by atoms with Crippen molar-refractivity contribution in [2.75, 3.05) is 28.7 Å². The molecule has 1 aliphatic rings. The van der Waals surface area contributed by atoms with E-state index in [0.29, 0.717) is 23.7 Å². The second-order valence-electron chi connectivity index (χ2n) is 4.53. The van der Waals surface area contributed by atoms with Gasteiger partial charge >= 0.3 is 0 Å². The van der Waals surface area contributed by atoms with Gasteiger partial charge in [0.25, 0.3) is 0 Å². The largest absolute Gasteiger partial charge is 0.409 e. The molecule has 7 nitrogen and oxygen atoms in total. The van der Waals surface area contributed by atoms with Gasteiger partial charge in [-0.2, -0.15) is 11.8 Å². The minimum Gasteiger partial charge on any atom is -0.409 e. The number of amidine groups is 1. The van der Waals surface area contributed by atoms with E-state index in [1.54, 1.807) is 41.9 Å². The lowest BCUT2D eigenvalue weighted by atomic mass is 10.2. The number of nitrogens with zero attached hydrogens (tertiary/aromatic N) is 3. The molecule has 0 aromatic carbocycles. The Kier molecular flexibility index (Phi) is 4.94. The van der Waals surface area contributed by atoms with Crippen LogP contribution in [0.2, 0.25) is 0 Å². The predicted molar refractivity (Wildman–Crippen MR) is 84.7 cm³/mol. The van der Waals surface area contributed by atoms with Gasteiger partial charge in [-0.3, -0.25) is 0 Å². The molecule has 1 aromatic heterocycles. The Balaban J connectivity index is 2.48. The molecular formula is C12H18N4O3S2. The summed E-state index contributed by atoms with van der Waals surface area (Å²) in [6.07, 6.45) is 1.57. The fourth-order valence-corrected chi connectivity index (χ4v) is 5.16. The molecule has 3 N–H and O–H groups in total. The smallest absolute Gasteiger partial charge is 0.173 e. The predicted octanol–water partition coefficient (Wildman–Crippen LogP) is 0.490. The van der Waals surface area contributed by atoms with Gasteiger partial charge < -0.3 is 15.8 Å². The molecule has 2 heterocycles. The maximum absolute atomic E-state index is 12.3. The van der Waals surface area contributed by atoms with Crippen molar-refractivity contribution < 1.29 is 13.6 Å². The van der Waals surface area contributed by atoms with Gasteiger partial charge in [0.15, 0.2) is 15.7 Å². The van der Waals surface area contributed by atoms with Crippen LogP contribution in [0, 0.1) is 0 Å². The van der Waals surface area contributed by atoms with Crippen LogP contribution in [0.15, 0.2) is 23.5 Å². The van der Waals surface area contributed by atoms with Gasteiger partial charge in [-0.05, 0) is 12.1 Å². The third-order valence-electron chi connectivity index (χ3n) is 3.34. The first-order chi connectivity index (χ1) is 10.0. The standard InChI is InChI=1S/C12H18N4O3S2/c1-2-21(18,19)10-8-20-7-6-16(10)12-9(11(13)15-17)4-3-5-14-12/h3-5,10,17H,2,6-8H2,1H3,(H2,13,15). The Morgan fingerprint density at radius 1 is 1.67 bits per heavy atom. The van der Waals surface area contributed by atoms with Crippen LogP contribution in [0.3, 0.4) is 0 Å². The van der Waals surface area contributed by atoms with Gasteiger partial charge in [0.2, 0.25) is 0 Å². The van der Waals surface area contributed by atoms with Crippen molar-refractivity contribution in [1.29, 1.82) is 0 Å². The molecule has 2 rings (SSSR count). The third-order valence-corrected chi connectivity index (χ3v) is 6.63. The van der Waals surface area contributed by atoms with Gasteiger partial charge in [0.1, 0.15) is 11.2 Å². The fraction of sp³-hybridized carbons (Fsp3) is 0.500. The summed E-state index contributed by atoms with van der Waals surface area (Å²) in [7, 11) is -3.25. The molecule has 0 radical (unpaired) electrons. The van der Waals surface area contributed by atoms with Crippen molar-refractivity contribution in [2.45, 2.75) is 12.3 Å². The molecule has 0 aliphatic carbocycles. The average molecular weight is 330 g/mol. The number of pyridine rings is 1. The highest BCUT2D eigenvalue weighted by Crippen LogP contribution is 2.28. The molecule has 1 aliphatic heterocycles. The highest BCUT2D eigenvalue weighted by atomic mass is 32.2. The SMILES string of the molecule is CCS(=O)(=O)C1CSCCN1c1ncccc1C(N)=NO. The summed E-state index contributed by atoms with van der Waals surface area (Å²) in [5, 5.41) is 11.2. The Morgan fingerprint density at radius 3 is 3.10 bits per heavy atom. The number of rotatable bonds is 4. The van der Waals surface area contributed by atoms with E-state index in [-0.39, 0.29) is 11.6 Å². The van der Waals surface area contributed by atoms with Gasteiger partial charge in [0.05, 0.1) is 5.56 Å². The van der Waals surface area contributed by atoms with Crippen molar-refractivity contribution in [3.8, 4) is 0 Å². The number of aromatic nitrogens is 1. The average Bonchev–Trinajstić information content (AvgIpc) is 2.54. The first-order valence-electron chi connectivity index (χ1n) is 6.50. The van der Waals surface area contributed by atoms with E-state index >= 15 is 0 Å². The molecule has 1 fully saturated rings. The molecule has 0 amide bonds. The van der Waals surface area contributed by atoms with E-state index in [1.807, 2.05) is 0 Å². The summed E-state index contributed by atoms with van der Waals surface area (Å²) in [5.74, 6) is 1.73. The normalized spacial score (nSPS) is 20.5. The molecule has 1 unspecified atom stereocenters. The van der Waals surface area contributed by atoms with E-state index in [9.17, 15) is 8.42 Å². The van der Waals surface area contributed by atoms with E-state index in [4.69, 9.17) is 10.9 Å². The summed E-state index contributed by atoms with van der Waals surface area (Å²) in [6, 6.07) is 3.33. The van der Waals surface area contributed by atoms with Crippen LogP contribution in [-0.4, -0.2) is 53.6 Å². The lowest BCUT2D eigenvalue weighted by Crippen LogP contribution is -2.49. The second-order valence-corrected chi connectivity index (χ2v) is 8.13. The van der Waals surface area contributed by atoms with Crippen LogP contribution >= 0.6 is 11.8 Å². The Bertz CT molecular complexity index is 633. The van der Waals surface area contributed by atoms with E-state index in [1.165, 1.54) is 0 Å². The summed E-state index contributed by atoms with van der Waals surface area (Å²) < 4.78 is 24.6. The number of thioether (sulfide) groups is 1. The molecule has 1 atom stereocenters. The lowest BCUT2D eigenvalue weighted by Gasteiger charge is -2.36. The number of hydrogen-bond acceptors (Lipinski definition) is 7. The lowest BCUT2D eigenvalue weighted by molar-refractivity contribution is 0.318. The summed E-state index contributed by atoms with van der Waals surface area (Å²) >= 11 is 1.60. The monoisotopic (exact) mass is 330 g/mol. The molecular weight excluding hydrogens is 312 g/mol. The zero-order chi connectivity index (χ0) is 15.5. The van der Waals surface area contributed by atoms with E-state index in [2.05, 4.69) is 10.1 Å². The zero-order valence-corrected chi connectivity index (χ0v) is 13.3. The number of oxime groups is 1. The van der Waals surface area contributed by atoms with Crippen LogP contribution in [0.25, 0.3) is 0 Å². The van der Waals surface area contributed by atoms with Gasteiger partial charge in [0, 0.05) is 30.0 Å². The van der Waals surface area contributed by atoms with Crippen molar-refractivity contribution in [1.82, 2.24) is 4.98 Å². The summed E-state index contributed by atoms with van der Waals surface area (Å²) in [6.45, 7) is 2.19. The first-order valence-corrected chi connectivity index (χ1v) is 9.37. The van der Waals surface area contributed by atoms with Crippen molar-refractivity contribution in [2.24, 2.45) is 10.9 Å². The minimum atomic E-state index is -3.25. The van der Waals surface area contributed by atoms with Crippen LogP contribution in [0.5, 0.6) is 0 Å². The molecule has 116 valence electrons. The van der Waals surface area contributed by atoms with E-state index in [0.717, 1.165) is 5.75 Å². The van der Waals surface area contributed by atoms with Crippen LogP contribution in [-0.2, 0) is 9.84 Å². The van der Waals surface area contributed by atoms with Gasteiger partial charge in [-0.15, -0.1) is 0 Å². The molecule has 0 spiro atoms. The Morgan fingerprint density at radius 2 is 2.43 bits per heavy atom. The van der Waals surface area contributed by atoms with Gasteiger partial charge in [-0.1, -0.05) is 12.1 Å². The summed E-state index contributed by atoms with van der Waals surface area (Å²) in [5.41, 5.74) is 6.10. The summed E-state index contributed by atoms with van der Waals surface area (Å²) in [4.78, 5) is 5.99. The highest BCUT2D eigenvalue weighted by Gasteiger charge is 2.34. The fourth-order valence-electron chi connectivity index (χ4n) is 2.19. The molecule has 1 aromatic rings. The number of anilines is 1. The number of sulfone groups is 1. The van der Waals surface area contributed by atoms with Crippen molar-refractivity contribution in [3.05, 3.63) is 23.9 Å². The highest BCUT2D eigenvalue weighted by molar-refractivity contribution is 8.01. The van der Waals surface area contributed by atoms with Crippen molar-refractivity contribution in [3.63, 3.8) is 0 Å². The molecule has 9 heteroatoms. The first kappa shape index (κ1) is 15.9. The third kappa shape index (κ3) is 3.24. The van der Waals surface area contributed by atoms with Crippen LogP contribution in [0.1, 0.15) is 12.5 Å². The molecule has 0 bridgehead atoms. The van der Waals surface area contributed by atoms with E-state index < -0.39 is 15.2 Å². The Labute approximate surface area is 128 Å². The molecule has 21 heavy (non-hydrogen) atoms. The van der Waals surface area contributed by atoms with Crippen LogP contribution < -0.4 is 10.6 Å². The topological polar surface area (TPSA) is 109 Å². The van der Waals surface area contributed by atoms with Crippen molar-refractivity contribution >= 4 is 33.3 Å². The molecule has 1 saturated heterocycles.